The summed E-state index contributed by atoms with van der Waals surface area (Å²) in [6.45, 7) is 5.52. The van der Waals surface area contributed by atoms with E-state index in [1.54, 1.807) is 20.3 Å². The van der Waals surface area contributed by atoms with Gasteiger partial charge in [-0.15, -0.1) is 6.58 Å². The highest BCUT2D eigenvalue weighted by Gasteiger charge is 2.14. The summed E-state index contributed by atoms with van der Waals surface area (Å²) >= 11 is 0. The van der Waals surface area contributed by atoms with Crippen LogP contribution in [0.4, 0.5) is 0 Å². The number of Topliss-reactive ketones (excluding diaryl/α,β-unsaturated/α-hetero) is 1. The van der Waals surface area contributed by atoms with Gasteiger partial charge >= 0.3 is 0 Å². The second-order valence-electron chi connectivity index (χ2n) is 5.52. The molecule has 0 saturated carbocycles. The molecule has 6 heteroatoms. The van der Waals surface area contributed by atoms with E-state index in [1.165, 1.54) is 19.2 Å². The summed E-state index contributed by atoms with van der Waals surface area (Å²) in [5.74, 6) is 0.884. The molecule has 2 rings (SSSR count). The highest BCUT2D eigenvalue weighted by Crippen LogP contribution is 2.33. The molecule has 0 saturated heterocycles. The van der Waals surface area contributed by atoms with E-state index in [0.29, 0.717) is 35.7 Å². The lowest BCUT2D eigenvalue weighted by atomic mass is 10.1. The average molecular weight is 342 g/mol. The van der Waals surface area contributed by atoms with E-state index >= 15 is 0 Å². The SMILES string of the molecule is C=CCc1cc(CNC(=O)c2cc(C(C)=O)c[nH]2)cc(OC)c1OC. The lowest BCUT2D eigenvalue weighted by molar-refractivity contribution is 0.0946. The van der Waals surface area contributed by atoms with Gasteiger partial charge in [0, 0.05) is 23.9 Å². The molecule has 0 fully saturated rings. The van der Waals surface area contributed by atoms with Gasteiger partial charge in [-0.25, -0.2) is 0 Å². The Kier molecular flexibility index (Phi) is 6.00. The molecule has 0 radical (unpaired) electrons. The van der Waals surface area contributed by atoms with Gasteiger partial charge in [-0.1, -0.05) is 6.08 Å². The zero-order valence-electron chi connectivity index (χ0n) is 14.6. The van der Waals surface area contributed by atoms with Crippen molar-refractivity contribution in [2.45, 2.75) is 19.9 Å². The summed E-state index contributed by atoms with van der Waals surface area (Å²) < 4.78 is 10.8. The Morgan fingerprint density at radius 1 is 1.24 bits per heavy atom. The predicted octanol–water partition coefficient (Wildman–Crippen LogP) is 2.89. The van der Waals surface area contributed by atoms with Crippen molar-refractivity contribution >= 4 is 11.7 Å². The maximum absolute atomic E-state index is 12.2. The Bertz CT molecular complexity index is 793. The number of H-pyrrole nitrogens is 1. The Balaban J connectivity index is 2.16. The first-order valence-electron chi connectivity index (χ1n) is 7.82. The van der Waals surface area contributed by atoms with E-state index < -0.39 is 0 Å². The summed E-state index contributed by atoms with van der Waals surface area (Å²) in [7, 11) is 3.16. The molecule has 0 atom stereocenters. The Morgan fingerprint density at radius 2 is 2.00 bits per heavy atom. The van der Waals surface area contributed by atoms with Crippen LogP contribution >= 0.6 is 0 Å². The van der Waals surface area contributed by atoms with E-state index in [2.05, 4.69) is 16.9 Å². The van der Waals surface area contributed by atoms with Crippen LogP contribution < -0.4 is 14.8 Å². The highest BCUT2D eigenvalue weighted by molar-refractivity contribution is 5.99. The average Bonchev–Trinajstić information content (AvgIpc) is 3.10. The number of ether oxygens (including phenoxy) is 2. The summed E-state index contributed by atoms with van der Waals surface area (Å²) in [4.78, 5) is 26.3. The molecule has 132 valence electrons. The minimum atomic E-state index is -0.285. The number of benzene rings is 1. The molecule has 0 unspecified atom stereocenters. The Hall–Kier alpha value is -3.02. The lowest BCUT2D eigenvalue weighted by Crippen LogP contribution is -2.23. The molecule has 1 heterocycles. The van der Waals surface area contributed by atoms with E-state index in [9.17, 15) is 9.59 Å². The normalized spacial score (nSPS) is 10.2. The molecule has 1 aromatic heterocycles. The quantitative estimate of drug-likeness (QED) is 0.571. The fourth-order valence-corrected chi connectivity index (χ4v) is 2.52. The molecule has 2 aromatic rings. The second kappa shape index (κ2) is 8.19. The van der Waals surface area contributed by atoms with Gasteiger partial charge in [0.25, 0.3) is 5.91 Å². The number of carbonyl (C=O) groups is 2. The Morgan fingerprint density at radius 3 is 2.56 bits per heavy atom. The van der Waals surface area contributed by atoms with Crippen LogP contribution in [0.5, 0.6) is 11.5 Å². The number of aromatic nitrogens is 1. The van der Waals surface area contributed by atoms with Crippen LogP contribution in [-0.4, -0.2) is 30.9 Å². The van der Waals surface area contributed by atoms with Gasteiger partial charge in [0.2, 0.25) is 0 Å². The number of hydrogen-bond acceptors (Lipinski definition) is 4. The lowest BCUT2D eigenvalue weighted by Gasteiger charge is -2.14. The third-order valence-corrected chi connectivity index (χ3v) is 3.77. The van der Waals surface area contributed by atoms with Gasteiger partial charge in [0.05, 0.1) is 14.2 Å². The monoisotopic (exact) mass is 342 g/mol. The first-order valence-corrected chi connectivity index (χ1v) is 7.82. The van der Waals surface area contributed by atoms with Gasteiger partial charge in [0.15, 0.2) is 17.3 Å². The van der Waals surface area contributed by atoms with Crippen LogP contribution in [0.1, 0.15) is 38.9 Å². The van der Waals surface area contributed by atoms with Gasteiger partial charge in [0.1, 0.15) is 5.69 Å². The van der Waals surface area contributed by atoms with Crippen LogP contribution in [0.15, 0.2) is 37.1 Å². The molecular formula is C19H22N2O4. The molecule has 0 bridgehead atoms. The number of nitrogens with one attached hydrogen (secondary N) is 2. The van der Waals surface area contributed by atoms with Crippen LogP contribution in [0.2, 0.25) is 0 Å². The standard InChI is InChI=1S/C19H22N2O4/c1-5-6-14-7-13(8-17(24-3)18(14)25-4)10-21-19(23)16-9-15(11-20-16)12(2)22/h5,7-9,11,20H,1,6,10H2,2-4H3,(H,21,23). The number of allylic oxidation sites excluding steroid dienone is 1. The van der Waals surface area contributed by atoms with Crippen LogP contribution in [0.3, 0.4) is 0 Å². The maximum atomic E-state index is 12.2. The van der Waals surface area contributed by atoms with Crippen molar-refractivity contribution in [3.05, 3.63) is 59.4 Å². The molecule has 6 nitrogen and oxygen atoms in total. The zero-order chi connectivity index (χ0) is 18.4. The molecule has 0 aliphatic rings. The van der Waals surface area contributed by atoms with Crippen LogP contribution in [-0.2, 0) is 13.0 Å². The highest BCUT2D eigenvalue weighted by atomic mass is 16.5. The summed E-state index contributed by atoms with van der Waals surface area (Å²) in [5, 5.41) is 2.82. The van der Waals surface area contributed by atoms with E-state index in [0.717, 1.165) is 11.1 Å². The third-order valence-electron chi connectivity index (χ3n) is 3.77. The molecule has 1 aromatic carbocycles. The van der Waals surface area contributed by atoms with Crippen LogP contribution in [0.25, 0.3) is 0 Å². The van der Waals surface area contributed by atoms with Crippen molar-refractivity contribution in [2.75, 3.05) is 14.2 Å². The molecule has 0 aliphatic heterocycles. The van der Waals surface area contributed by atoms with Gasteiger partial charge in [-0.2, -0.15) is 0 Å². The van der Waals surface area contributed by atoms with E-state index in [-0.39, 0.29) is 11.7 Å². The first-order chi connectivity index (χ1) is 12.0. The smallest absolute Gasteiger partial charge is 0.267 e. The minimum Gasteiger partial charge on any atom is -0.493 e. The number of amides is 1. The van der Waals surface area contributed by atoms with Crippen molar-refractivity contribution in [1.29, 1.82) is 0 Å². The maximum Gasteiger partial charge on any atom is 0.267 e. The number of methoxy groups -OCH3 is 2. The van der Waals surface area contributed by atoms with Crippen molar-refractivity contribution in [3.8, 4) is 11.5 Å². The van der Waals surface area contributed by atoms with Crippen molar-refractivity contribution < 1.29 is 19.1 Å². The first kappa shape index (κ1) is 18.3. The molecule has 0 spiro atoms. The molecule has 0 aliphatic carbocycles. The number of ketones is 1. The fourth-order valence-electron chi connectivity index (χ4n) is 2.52. The predicted molar refractivity (Wildman–Crippen MR) is 95.4 cm³/mol. The number of hydrogen-bond donors (Lipinski definition) is 2. The number of aromatic amines is 1. The fraction of sp³-hybridized carbons (Fsp3) is 0.263. The van der Waals surface area contributed by atoms with E-state index in [1.807, 2.05) is 12.1 Å². The molecule has 25 heavy (non-hydrogen) atoms. The topological polar surface area (TPSA) is 80.4 Å². The van der Waals surface area contributed by atoms with Gasteiger partial charge < -0.3 is 19.8 Å². The van der Waals surface area contributed by atoms with Crippen molar-refractivity contribution in [1.82, 2.24) is 10.3 Å². The van der Waals surface area contributed by atoms with Gasteiger partial charge in [-0.3, -0.25) is 9.59 Å². The van der Waals surface area contributed by atoms with Crippen molar-refractivity contribution in [2.24, 2.45) is 0 Å². The summed E-state index contributed by atoms with van der Waals surface area (Å²) in [5.41, 5.74) is 2.63. The zero-order valence-corrected chi connectivity index (χ0v) is 14.6. The Labute approximate surface area is 146 Å². The number of carbonyl (C=O) groups excluding carboxylic acids is 2. The van der Waals surface area contributed by atoms with Gasteiger partial charge in [-0.05, 0) is 37.1 Å². The summed E-state index contributed by atoms with van der Waals surface area (Å²) in [6, 6.07) is 5.30. The van der Waals surface area contributed by atoms with Crippen molar-refractivity contribution in [3.63, 3.8) is 0 Å². The second-order valence-corrected chi connectivity index (χ2v) is 5.52. The summed E-state index contributed by atoms with van der Waals surface area (Å²) in [6.07, 6.45) is 3.93. The molecule has 1 amide bonds. The third kappa shape index (κ3) is 4.29. The molecular weight excluding hydrogens is 320 g/mol. The number of rotatable bonds is 8. The van der Waals surface area contributed by atoms with Crippen LogP contribution in [0, 0.1) is 0 Å². The van der Waals surface area contributed by atoms with E-state index in [4.69, 9.17) is 9.47 Å². The molecule has 2 N–H and O–H groups in total. The minimum absolute atomic E-state index is 0.0933. The largest absolute Gasteiger partial charge is 0.493 e.